The third-order valence-corrected chi connectivity index (χ3v) is 3.62. The fraction of sp³-hybridized carbons (Fsp3) is 0. The molecule has 0 unspecified atom stereocenters. The molecule has 4 aromatic rings. The molecule has 0 N–H and O–H groups in total. The summed E-state index contributed by atoms with van der Waals surface area (Å²) in [5.74, 6) is 0.656. The summed E-state index contributed by atoms with van der Waals surface area (Å²) in [6, 6.07) is 19.6. The summed E-state index contributed by atoms with van der Waals surface area (Å²) >= 11 is 0. The second kappa shape index (κ2) is 4.94. The normalized spacial score (nSPS) is 11.9. The smallest absolute Gasteiger partial charge is 0.134 e. The van der Waals surface area contributed by atoms with Crippen molar-refractivity contribution in [2.24, 2.45) is 0 Å². The van der Waals surface area contributed by atoms with Gasteiger partial charge in [0.25, 0.3) is 0 Å². The molecule has 4 rings (SSSR count). The van der Waals surface area contributed by atoms with Crippen LogP contribution in [0.3, 0.4) is 0 Å². The minimum atomic E-state index is 0.518. The van der Waals surface area contributed by atoms with Crippen molar-refractivity contribution in [3.8, 4) is 6.07 Å². The molecule has 0 bridgehead atoms. The highest BCUT2D eigenvalue weighted by Gasteiger charge is 2.11. The van der Waals surface area contributed by atoms with Gasteiger partial charge in [0, 0.05) is 16.3 Å². The molecule has 3 heteroatoms. The standard InChI is InChI=1S/C19H11NO2/c20-11-14(17-12-21-19-8-4-2-6-16(17)19)10-15-9-13-5-1-3-7-18(13)22-15/h1-10,12H/b14-10+. The van der Waals surface area contributed by atoms with Gasteiger partial charge < -0.3 is 8.83 Å². The van der Waals surface area contributed by atoms with Crippen molar-refractivity contribution < 1.29 is 8.83 Å². The van der Waals surface area contributed by atoms with E-state index in [9.17, 15) is 5.26 Å². The molecular formula is C19H11NO2. The van der Waals surface area contributed by atoms with E-state index in [2.05, 4.69) is 6.07 Å². The summed E-state index contributed by atoms with van der Waals surface area (Å²) in [6.07, 6.45) is 3.36. The lowest BCUT2D eigenvalue weighted by Gasteiger charge is -1.94. The fourth-order valence-electron chi connectivity index (χ4n) is 2.57. The molecule has 0 fully saturated rings. The molecule has 2 aromatic carbocycles. The van der Waals surface area contributed by atoms with Gasteiger partial charge in [-0.3, -0.25) is 0 Å². The van der Waals surface area contributed by atoms with E-state index in [1.165, 1.54) is 0 Å². The van der Waals surface area contributed by atoms with Crippen LogP contribution in [-0.2, 0) is 0 Å². The first-order valence-electron chi connectivity index (χ1n) is 6.92. The number of furan rings is 2. The Morgan fingerprint density at radius 1 is 1.00 bits per heavy atom. The van der Waals surface area contributed by atoms with Gasteiger partial charge in [0.15, 0.2) is 0 Å². The largest absolute Gasteiger partial charge is 0.464 e. The Hall–Kier alpha value is -3.25. The van der Waals surface area contributed by atoms with E-state index in [1.807, 2.05) is 54.6 Å². The zero-order chi connectivity index (χ0) is 14.9. The summed E-state index contributed by atoms with van der Waals surface area (Å²) < 4.78 is 11.3. The van der Waals surface area contributed by atoms with E-state index in [-0.39, 0.29) is 0 Å². The highest BCUT2D eigenvalue weighted by atomic mass is 16.3. The number of benzene rings is 2. The molecule has 0 atom stereocenters. The van der Waals surface area contributed by atoms with Gasteiger partial charge in [-0.25, -0.2) is 0 Å². The first-order valence-corrected chi connectivity index (χ1v) is 6.92. The van der Waals surface area contributed by atoms with Crippen molar-refractivity contribution in [3.05, 3.63) is 72.2 Å². The maximum atomic E-state index is 9.49. The Bertz CT molecular complexity index is 1010. The van der Waals surface area contributed by atoms with Crippen LogP contribution in [0.1, 0.15) is 11.3 Å². The van der Waals surface area contributed by atoms with Crippen molar-refractivity contribution in [2.45, 2.75) is 0 Å². The van der Waals surface area contributed by atoms with E-state index in [4.69, 9.17) is 8.83 Å². The van der Waals surface area contributed by atoms with Crippen LogP contribution in [0.25, 0.3) is 33.6 Å². The summed E-state index contributed by atoms with van der Waals surface area (Å²) in [7, 11) is 0. The number of para-hydroxylation sites is 2. The van der Waals surface area contributed by atoms with Crippen molar-refractivity contribution in [2.75, 3.05) is 0 Å². The number of nitrogens with zero attached hydrogens (tertiary/aromatic N) is 1. The van der Waals surface area contributed by atoms with Crippen LogP contribution in [0.15, 0.2) is 69.7 Å². The highest BCUT2D eigenvalue weighted by molar-refractivity contribution is 6.00. The Morgan fingerprint density at radius 3 is 2.59 bits per heavy atom. The first kappa shape index (κ1) is 12.5. The van der Waals surface area contributed by atoms with Crippen LogP contribution < -0.4 is 0 Å². The van der Waals surface area contributed by atoms with Gasteiger partial charge in [0.05, 0.1) is 5.57 Å². The molecule has 0 amide bonds. The van der Waals surface area contributed by atoms with Gasteiger partial charge in [-0.15, -0.1) is 0 Å². The molecule has 0 spiro atoms. The van der Waals surface area contributed by atoms with Gasteiger partial charge in [-0.2, -0.15) is 5.26 Å². The Kier molecular flexibility index (Phi) is 2.80. The SMILES string of the molecule is N#C/C(=C\c1cc2ccccc2o1)c1coc2ccccc12. The Balaban J connectivity index is 1.86. The molecule has 2 heterocycles. The lowest BCUT2D eigenvalue weighted by Crippen LogP contribution is -1.78. The molecule has 0 aliphatic rings. The minimum absolute atomic E-state index is 0.518. The fourth-order valence-corrected chi connectivity index (χ4v) is 2.57. The van der Waals surface area contributed by atoms with Crippen molar-refractivity contribution in [3.63, 3.8) is 0 Å². The predicted octanol–water partition coefficient (Wildman–Crippen LogP) is 5.24. The quantitative estimate of drug-likeness (QED) is 0.473. The maximum Gasteiger partial charge on any atom is 0.134 e. The molecule has 22 heavy (non-hydrogen) atoms. The van der Waals surface area contributed by atoms with E-state index < -0.39 is 0 Å². The molecule has 0 saturated heterocycles. The Labute approximate surface area is 126 Å². The second-order valence-corrected chi connectivity index (χ2v) is 5.00. The number of fused-ring (bicyclic) bond motifs is 2. The van der Waals surface area contributed by atoms with Crippen LogP contribution >= 0.6 is 0 Å². The van der Waals surface area contributed by atoms with Crippen LogP contribution in [0.4, 0.5) is 0 Å². The maximum absolute atomic E-state index is 9.49. The van der Waals surface area contributed by atoms with Crippen molar-refractivity contribution in [1.82, 2.24) is 0 Å². The van der Waals surface area contributed by atoms with Crippen LogP contribution in [0, 0.1) is 11.3 Å². The van der Waals surface area contributed by atoms with Crippen LogP contribution in [-0.4, -0.2) is 0 Å². The summed E-state index contributed by atoms with van der Waals surface area (Å²) in [4.78, 5) is 0. The van der Waals surface area contributed by atoms with Gasteiger partial charge in [0.2, 0.25) is 0 Å². The monoisotopic (exact) mass is 285 g/mol. The molecule has 3 nitrogen and oxygen atoms in total. The molecule has 0 radical (unpaired) electrons. The van der Waals surface area contributed by atoms with E-state index in [0.717, 1.165) is 27.5 Å². The predicted molar refractivity (Wildman–Crippen MR) is 85.9 cm³/mol. The number of nitriles is 1. The number of hydrogen-bond donors (Lipinski definition) is 0. The topological polar surface area (TPSA) is 50.1 Å². The van der Waals surface area contributed by atoms with Crippen molar-refractivity contribution in [1.29, 1.82) is 5.26 Å². The van der Waals surface area contributed by atoms with Gasteiger partial charge in [-0.1, -0.05) is 36.4 Å². The number of allylic oxidation sites excluding steroid dienone is 1. The van der Waals surface area contributed by atoms with Gasteiger partial charge >= 0.3 is 0 Å². The highest BCUT2D eigenvalue weighted by Crippen LogP contribution is 2.29. The molecular weight excluding hydrogens is 274 g/mol. The average molecular weight is 285 g/mol. The van der Waals surface area contributed by atoms with Crippen LogP contribution in [0.5, 0.6) is 0 Å². The summed E-state index contributed by atoms with van der Waals surface area (Å²) in [5, 5.41) is 11.4. The molecule has 0 saturated carbocycles. The number of rotatable bonds is 2. The van der Waals surface area contributed by atoms with Gasteiger partial charge in [0.1, 0.15) is 29.3 Å². The van der Waals surface area contributed by atoms with E-state index in [1.54, 1.807) is 12.3 Å². The Morgan fingerprint density at radius 2 is 1.77 bits per heavy atom. The molecule has 104 valence electrons. The lowest BCUT2D eigenvalue weighted by molar-refractivity contribution is 0.604. The second-order valence-electron chi connectivity index (χ2n) is 5.00. The van der Waals surface area contributed by atoms with Crippen molar-refractivity contribution >= 4 is 33.6 Å². The zero-order valence-corrected chi connectivity index (χ0v) is 11.6. The van der Waals surface area contributed by atoms with Crippen LogP contribution in [0.2, 0.25) is 0 Å². The third-order valence-electron chi connectivity index (χ3n) is 3.62. The lowest BCUT2D eigenvalue weighted by atomic mass is 10.1. The number of hydrogen-bond acceptors (Lipinski definition) is 3. The molecule has 0 aliphatic carbocycles. The van der Waals surface area contributed by atoms with Gasteiger partial charge in [-0.05, 0) is 24.3 Å². The zero-order valence-electron chi connectivity index (χ0n) is 11.6. The molecule has 2 aromatic heterocycles. The summed E-state index contributed by atoms with van der Waals surface area (Å²) in [5.41, 5.74) is 2.87. The third kappa shape index (κ3) is 1.99. The first-order chi connectivity index (χ1) is 10.8. The minimum Gasteiger partial charge on any atom is -0.464 e. The molecule has 0 aliphatic heterocycles. The average Bonchev–Trinajstić information content (AvgIpc) is 3.16. The van der Waals surface area contributed by atoms with E-state index in [0.29, 0.717) is 11.3 Å². The summed E-state index contributed by atoms with van der Waals surface area (Å²) in [6.45, 7) is 0. The van der Waals surface area contributed by atoms with E-state index >= 15 is 0 Å².